The van der Waals surface area contributed by atoms with Crippen LogP contribution in [0, 0.1) is 5.92 Å². The lowest BCUT2D eigenvalue weighted by Crippen LogP contribution is -2.53. The van der Waals surface area contributed by atoms with E-state index in [4.69, 9.17) is 21.1 Å². The van der Waals surface area contributed by atoms with Gasteiger partial charge in [-0.25, -0.2) is 13.2 Å². The normalized spacial score (nSPS) is 13.9. The van der Waals surface area contributed by atoms with Crippen molar-refractivity contribution < 1.29 is 22.7 Å². The molecular weight excluding hydrogens is 468 g/mol. The Morgan fingerprint density at radius 3 is 2.39 bits per heavy atom. The SMILES string of the molecule is CS(=O)(=O)c1ccc(-c2c(OCC3CN(C(=O)Oc4ccc(Cl)cc4)C3)cc[nH]c2=O)cc1. The van der Waals surface area contributed by atoms with E-state index in [1.54, 1.807) is 47.4 Å². The Bertz CT molecular complexity index is 1310. The Morgan fingerprint density at radius 2 is 1.76 bits per heavy atom. The average molecular weight is 489 g/mol. The largest absolute Gasteiger partial charge is 0.492 e. The summed E-state index contributed by atoms with van der Waals surface area (Å²) in [5.74, 6) is 0.884. The molecule has 3 aromatic rings. The second-order valence-corrected chi connectivity index (χ2v) is 10.2. The van der Waals surface area contributed by atoms with Gasteiger partial charge in [-0.3, -0.25) is 4.79 Å². The van der Waals surface area contributed by atoms with E-state index in [2.05, 4.69) is 4.98 Å². The number of pyridine rings is 1. The minimum Gasteiger partial charge on any atom is -0.492 e. The summed E-state index contributed by atoms with van der Waals surface area (Å²) >= 11 is 5.83. The number of carbonyl (C=O) groups excluding carboxylic acids is 1. The van der Waals surface area contributed by atoms with Crippen molar-refractivity contribution in [2.75, 3.05) is 26.0 Å². The Labute approximate surface area is 195 Å². The van der Waals surface area contributed by atoms with Crippen LogP contribution >= 0.6 is 11.6 Å². The molecule has 1 amide bonds. The lowest BCUT2D eigenvalue weighted by Gasteiger charge is -2.37. The Kier molecular flexibility index (Phi) is 6.44. The van der Waals surface area contributed by atoms with Gasteiger partial charge in [0.25, 0.3) is 5.56 Å². The number of hydrogen-bond acceptors (Lipinski definition) is 6. The minimum atomic E-state index is -3.34. The zero-order valence-corrected chi connectivity index (χ0v) is 19.2. The number of hydrogen-bond donors (Lipinski definition) is 1. The summed E-state index contributed by atoms with van der Waals surface area (Å²) in [6.07, 6.45) is 2.16. The molecule has 2 heterocycles. The highest BCUT2D eigenvalue weighted by Gasteiger charge is 2.32. The first-order valence-corrected chi connectivity index (χ1v) is 12.3. The van der Waals surface area contributed by atoms with Gasteiger partial charge in [-0.05, 0) is 48.0 Å². The van der Waals surface area contributed by atoms with Gasteiger partial charge in [-0.15, -0.1) is 0 Å². The Balaban J connectivity index is 1.37. The molecule has 8 nitrogen and oxygen atoms in total. The van der Waals surface area contributed by atoms with Gasteiger partial charge in [0.15, 0.2) is 9.84 Å². The summed E-state index contributed by atoms with van der Waals surface area (Å²) in [6, 6.07) is 14.2. The zero-order chi connectivity index (χ0) is 23.6. The first-order chi connectivity index (χ1) is 15.7. The Morgan fingerprint density at radius 1 is 1.09 bits per heavy atom. The molecule has 0 radical (unpaired) electrons. The van der Waals surface area contributed by atoms with Gasteiger partial charge in [0.05, 0.1) is 17.1 Å². The molecule has 1 aliphatic rings. The van der Waals surface area contributed by atoms with Crippen LogP contribution in [0.3, 0.4) is 0 Å². The molecule has 172 valence electrons. The number of amides is 1. The van der Waals surface area contributed by atoms with Crippen LogP contribution < -0.4 is 15.0 Å². The predicted octanol–water partition coefficient (Wildman–Crippen LogP) is 3.61. The lowest BCUT2D eigenvalue weighted by atomic mass is 10.0. The quantitative estimate of drug-likeness (QED) is 0.568. The fraction of sp³-hybridized carbons (Fsp3) is 0.217. The number of nitrogens with one attached hydrogen (secondary N) is 1. The van der Waals surface area contributed by atoms with Crippen molar-refractivity contribution in [2.24, 2.45) is 5.92 Å². The van der Waals surface area contributed by atoms with Crippen LogP contribution in [0.4, 0.5) is 4.79 Å². The summed E-state index contributed by atoms with van der Waals surface area (Å²) in [5, 5.41) is 0.557. The highest BCUT2D eigenvalue weighted by Crippen LogP contribution is 2.28. The van der Waals surface area contributed by atoms with Crippen molar-refractivity contribution in [3.05, 3.63) is 76.2 Å². The second kappa shape index (κ2) is 9.29. The number of aromatic nitrogens is 1. The van der Waals surface area contributed by atoms with E-state index in [-0.39, 0.29) is 16.4 Å². The molecule has 0 unspecified atom stereocenters. The van der Waals surface area contributed by atoms with Crippen molar-refractivity contribution in [1.82, 2.24) is 9.88 Å². The zero-order valence-electron chi connectivity index (χ0n) is 17.7. The summed E-state index contributed by atoms with van der Waals surface area (Å²) in [7, 11) is -3.34. The molecule has 33 heavy (non-hydrogen) atoms. The van der Waals surface area contributed by atoms with Gasteiger partial charge in [-0.2, -0.15) is 0 Å². The van der Waals surface area contributed by atoms with Crippen LogP contribution in [0.15, 0.2) is 70.5 Å². The number of carbonyl (C=O) groups is 1. The van der Waals surface area contributed by atoms with Crippen LogP contribution in [0.25, 0.3) is 11.1 Å². The smallest absolute Gasteiger partial charge is 0.415 e. The topological polar surface area (TPSA) is 106 Å². The van der Waals surface area contributed by atoms with E-state index >= 15 is 0 Å². The van der Waals surface area contributed by atoms with Gasteiger partial charge in [0, 0.05) is 36.5 Å². The highest BCUT2D eigenvalue weighted by molar-refractivity contribution is 7.90. The van der Waals surface area contributed by atoms with Crippen molar-refractivity contribution in [1.29, 1.82) is 0 Å². The maximum atomic E-state index is 12.5. The van der Waals surface area contributed by atoms with Gasteiger partial charge in [-0.1, -0.05) is 23.7 Å². The highest BCUT2D eigenvalue weighted by atomic mass is 35.5. The van der Waals surface area contributed by atoms with E-state index in [1.165, 1.54) is 18.3 Å². The van der Waals surface area contributed by atoms with Crippen molar-refractivity contribution in [2.45, 2.75) is 4.90 Å². The summed E-state index contributed by atoms with van der Waals surface area (Å²) in [5.41, 5.74) is 0.512. The van der Waals surface area contributed by atoms with E-state index in [9.17, 15) is 18.0 Å². The van der Waals surface area contributed by atoms with E-state index < -0.39 is 15.9 Å². The minimum absolute atomic E-state index is 0.0857. The summed E-state index contributed by atoms with van der Waals surface area (Å²) in [4.78, 5) is 29.0. The van der Waals surface area contributed by atoms with Gasteiger partial charge in [0.2, 0.25) is 0 Å². The van der Waals surface area contributed by atoms with Crippen LogP contribution in [0.2, 0.25) is 5.02 Å². The van der Waals surface area contributed by atoms with Crippen LogP contribution in [-0.2, 0) is 9.84 Å². The molecule has 0 bridgehead atoms. The first kappa shape index (κ1) is 22.9. The molecule has 1 N–H and O–H groups in total. The summed E-state index contributed by atoms with van der Waals surface area (Å²) < 4.78 is 34.6. The number of sulfone groups is 1. The number of nitrogens with zero attached hydrogens (tertiary/aromatic N) is 1. The number of aromatic amines is 1. The predicted molar refractivity (Wildman–Crippen MR) is 124 cm³/mol. The van der Waals surface area contributed by atoms with Crippen LogP contribution in [0.1, 0.15) is 0 Å². The van der Waals surface area contributed by atoms with Gasteiger partial charge >= 0.3 is 6.09 Å². The van der Waals surface area contributed by atoms with E-state index in [1.807, 2.05) is 0 Å². The number of halogens is 1. The average Bonchev–Trinajstić information content (AvgIpc) is 2.74. The number of benzene rings is 2. The molecule has 4 rings (SSSR count). The Hall–Kier alpha value is -3.30. The molecule has 1 fully saturated rings. The molecule has 0 saturated carbocycles. The second-order valence-electron chi connectivity index (χ2n) is 7.75. The molecule has 0 spiro atoms. The van der Waals surface area contributed by atoms with Crippen molar-refractivity contribution in [3.8, 4) is 22.6 Å². The molecule has 1 aromatic heterocycles. The lowest BCUT2D eigenvalue weighted by molar-refractivity contribution is 0.0629. The third kappa shape index (κ3) is 5.37. The number of likely N-dealkylation sites (tertiary alicyclic amines) is 1. The number of rotatable bonds is 6. The number of H-pyrrole nitrogens is 1. The monoisotopic (exact) mass is 488 g/mol. The third-order valence-corrected chi connectivity index (χ3v) is 6.58. The van der Waals surface area contributed by atoms with Crippen LogP contribution in [0.5, 0.6) is 11.5 Å². The standard InChI is InChI=1S/C23H21ClN2O6S/c1-33(29,30)19-8-2-16(3-9-19)21-20(10-11-25-22(21)27)31-14-15-12-26(13-15)23(28)32-18-6-4-17(24)5-7-18/h2-11,15H,12-14H2,1H3,(H,25,27). The van der Waals surface area contributed by atoms with Crippen molar-refractivity contribution >= 4 is 27.5 Å². The fourth-order valence-corrected chi connectivity index (χ4v) is 4.18. The third-order valence-electron chi connectivity index (χ3n) is 5.20. The maximum absolute atomic E-state index is 12.5. The number of ether oxygens (including phenoxy) is 2. The molecule has 10 heteroatoms. The maximum Gasteiger partial charge on any atom is 0.415 e. The first-order valence-electron chi connectivity index (χ1n) is 10.1. The van der Waals surface area contributed by atoms with Gasteiger partial charge in [0.1, 0.15) is 11.5 Å². The van der Waals surface area contributed by atoms with E-state index in [0.29, 0.717) is 47.3 Å². The molecule has 0 atom stereocenters. The van der Waals surface area contributed by atoms with Crippen LogP contribution in [-0.4, -0.2) is 50.3 Å². The fourth-order valence-electron chi connectivity index (χ4n) is 3.42. The molecule has 1 saturated heterocycles. The molecule has 0 aliphatic carbocycles. The molecular formula is C23H21ClN2O6S. The summed E-state index contributed by atoms with van der Waals surface area (Å²) in [6.45, 7) is 1.24. The molecule has 1 aliphatic heterocycles. The van der Waals surface area contributed by atoms with E-state index in [0.717, 1.165) is 6.26 Å². The molecule has 2 aromatic carbocycles. The van der Waals surface area contributed by atoms with Crippen molar-refractivity contribution in [3.63, 3.8) is 0 Å². The van der Waals surface area contributed by atoms with Gasteiger partial charge < -0.3 is 19.4 Å².